The van der Waals surface area contributed by atoms with Gasteiger partial charge in [-0.15, -0.1) is 0 Å². The number of imidazole rings is 4. The first kappa shape index (κ1) is 101. The lowest BCUT2D eigenvalue weighted by Gasteiger charge is -2.30. The summed E-state index contributed by atoms with van der Waals surface area (Å²) in [6.07, 6.45) is 11.2. The van der Waals surface area contributed by atoms with Gasteiger partial charge in [0.1, 0.15) is 65.2 Å². The van der Waals surface area contributed by atoms with Gasteiger partial charge in [0, 0.05) is 126 Å². The second-order valence-electron chi connectivity index (χ2n) is 38.3. The molecule has 0 bridgehead atoms. The Hall–Kier alpha value is -11.5. The van der Waals surface area contributed by atoms with E-state index in [1.54, 1.807) is 23.6 Å². The van der Waals surface area contributed by atoms with Gasteiger partial charge >= 0.3 is 0 Å². The van der Waals surface area contributed by atoms with E-state index in [4.69, 9.17) is 33.4 Å². The van der Waals surface area contributed by atoms with Crippen LogP contribution in [0.25, 0.3) is 38.5 Å². The molecular formula is C99H136FN23O12. The largest absolute Gasteiger partial charge is 0.379 e. The highest BCUT2D eigenvalue weighted by Crippen LogP contribution is 2.33. The number of amides is 6. The van der Waals surface area contributed by atoms with Crippen molar-refractivity contribution in [1.82, 2.24) is 116 Å². The standard InChI is InChI=1S/C17H23FN4O2.C17H24N4O2.C17H23N3O2.3C16H22N4O2/c1-11-14-13(18)5-4-7-22(14)16(20-11)17(2,3)21-15(23)12-9-19-6-8-24-10-12;1-11-6-5-8-21-14(11)12(2)19-16(21)17(3,4)20-15(22)13-10-18-7-9-23-13;1-12-5-4-9-20-13(12)6-7-15(20)17(2,3)19-16(21)14-11-18-8-10-22-14;2*1-11-5-4-7-20-12(11)9-18-15(20)16(2,3)19-14(21)13-10-17-6-8-22-13;1-10-5-4-6-11-13(10)19-20-14(11)16(2,3)18-15(21)12-9-17-7-8-22-12/h4-5,7,12,19H,6,8-10H2,1-3H3,(H,21,23);5-6,8,13,18H,7,9-10H2,1-4H3,(H,20,22);4-7,9,14,18H,8,10-11H2,1-3H3,(H,19,21);2*4-5,7,9,13,17H,6,8,10H2,1-3H3,(H,19,21);4-6,12,17H,7-9H2,1-3H3,(H,18,21)(H,19,20)/t;13-;14-;2*13-;12-/m.00000/s1. The number of carbonyl (C=O) groups excluding carboxylic acids is 6. The molecule has 35 nitrogen and oxygen atoms in total. The normalized spacial score (nSPS) is 19.3. The number of halogens is 1. The molecule has 6 aliphatic rings. The van der Waals surface area contributed by atoms with Crippen molar-refractivity contribution in [2.75, 3.05) is 125 Å². The number of nitrogens with zero attached hydrogens (tertiary/aromatic N) is 10. The fourth-order valence-electron chi connectivity index (χ4n) is 17.6. The minimum atomic E-state index is -0.742. The van der Waals surface area contributed by atoms with Crippen LogP contribution >= 0.6 is 0 Å². The van der Waals surface area contributed by atoms with Crippen molar-refractivity contribution in [1.29, 1.82) is 0 Å². The van der Waals surface area contributed by atoms with Gasteiger partial charge in [0.25, 0.3) is 29.5 Å². The summed E-state index contributed by atoms with van der Waals surface area (Å²) in [6, 6.07) is 29.5. The minimum absolute atomic E-state index is 0.0696. The summed E-state index contributed by atoms with van der Waals surface area (Å²) in [5, 5.41) is 45.9. The van der Waals surface area contributed by atoms with E-state index in [0.717, 1.165) is 123 Å². The third-order valence-electron chi connectivity index (χ3n) is 24.8. The van der Waals surface area contributed by atoms with Crippen molar-refractivity contribution in [3.05, 3.63) is 214 Å². The molecule has 6 atom stereocenters. The van der Waals surface area contributed by atoms with Crippen LogP contribution in [0, 0.1) is 60.2 Å². The molecule has 135 heavy (non-hydrogen) atoms. The number of fused-ring (bicyclic) bond motifs is 6. The van der Waals surface area contributed by atoms with Gasteiger partial charge in [0.2, 0.25) is 5.91 Å². The summed E-state index contributed by atoms with van der Waals surface area (Å²) in [7, 11) is 0. The van der Waals surface area contributed by atoms with Crippen LogP contribution in [-0.4, -0.2) is 243 Å². The van der Waals surface area contributed by atoms with Crippen LogP contribution in [0.15, 0.2) is 134 Å². The summed E-state index contributed by atoms with van der Waals surface area (Å²) in [5.74, 6) is 1.87. The van der Waals surface area contributed by atoms with Crippen molar-refractivity contribution in [3.63, 3.8) is 0 Å². The molecule has 0 spiro atoms. The van der Waals surface area contributed by atoms with Crippen LogP contribution in [0.4, 0.5) is 4.39 Å². The quantitative estimate of drug-likeness (QED) is 0.0397. The Kier molecular flexibility index (Phi) is 32.6. The molecule has 11 aromatic heterocycles. The molecular weight excluding hydrogens is 1720 g/mol. The van der Waals surface area contributed by atoms with Crippen LogP contribution in [0.1, 0.15) is 157 Å². The van der Waals surface area contributed by atoms with Gasteiger partial charge in [-0.1, -0.05) is 42.5 Å². The highest BCUT2D eigenvalue weighted by atomic mass is 19.1. The lowest BCUT2D eigenvalue weighted by Crippen LogP contribution is -2.52. The number of carbonyl (C=O) groups is 6. The van der Waals surface area contributed by atoms with Crippen LogP contribution in [0.3, 0.4) is 0 Å². The number of nitrogens with one attached hydrogen (secondary N) is 13. The molecule has 6 fully saturated rings. The molecule has 18 rings (SSSR count). The van der Waals surface area contributed by atoms with E-state index < -0.39 is 63.8 Å². The van der Waals surface area contributed by atoms with Crippen LogP contribution in [0.2, 0.25) is 0 Å². The predicted molar refractivity (Wildman–Crippen MR) is 515 cm³/mol. The van der Waals surface area contributed by atoms with E-state index in [2.05, 4.69) is 136 Å². The van der Waals surface area contributed by atoms with Gasteiger partial charge in [-0.25, -0.2) is 24.3 Å². The Balaban J connectivity index is 0.000000137. The Labute approximate surface area is 787 Å². The number of aromatic amines is 1. The average molecular weight is 1860 g/mol. The Morgan fingerprint density at radius 3 is 1.16 bits per heavy atom. The summed E-state index contributed by atoms with van der Waals surface area (Å²) in [4.78, 5) is 93.0. The maximum absolute atomic E-state index is 14.1. The monoisotopic (exact) mass is 1860 g/mol. The number of aromatic nitrogens is 11. The maximum Gasteiger partial charge on any atom is 0.251 e. The van der Waals surface area contributed by atoms with Gasteiger partial charge in [-0.05, 0) is 208 Å². The van der Waals surface area contributed by atoms with E-state index in [1.165, 1.54) is 17.2 Å². The topological polar surface area (TPSA) is 404 Å². The zero-order valence-electron chi connectivity index (χ0n) is 81.3. The zero-order chi connectivity index (χ0) is 96.9. The third-order valence-corrected chi connectivity index (χ3v) is 24.8. The number of aryl methyl sites for hydroxylation is 7. The lowest BCUT2D eigenvalue weighted by atomic mass is 9.96. The van der Waals surface area contributed by atoms with E-state index in [-0.39, 0.29) is 47.2 Å². The lowest BCUT2D eigenvalue weighted by molar-refractivity contribution is -0.136. The number of pyridine rings is 5. The van der Waals surface area contributed by atoms with Crippen molar-refractivity contribution < 1.29 is 61.6 Å². The molecule has 0 saturated carbocycles. The summed E-state index contributed by atoms with van der Waals surface area (Å²) in [5.41, 5.74) is 11.6. The molecule has 1 aromatic carbocycles. The number of morpholine rings is 5. The molecule has 6 amide bonds. The van der Waals surface area contributed by atoms with Gasteiger partial charge < -0.3 is 110 Å². The van der Waals surface area contributed by atoms with Gasteiger partial charge in [0.15, 0.2) is 0 Å². The number of H-pyrrole nitrogens is 1. The van der Waals surface area contributed by atoms with Crippen molar-refractivity contribution in [3.8, 4) is 0 Å². The van der Waals surface area contributed by atoms with E-state index >= 15 is 0 Å². The molecule has 13 N–H and O–H groups in total. The summed E-state index contributed by atoms with van der Waals surface area (Å²) < 4.78 is 57.0. The number of ether oxygens (including phenoxy) is 6. The number of hydrogen-bond donors (Lipinski definition) is 13. The molecule has 1 unspecified atom stereocenters. The molecule has 17 heterocycles. The van der Waals surface area contributed by atoms with Gasteiger partial charge in [0.05, 0.1) is 137 Å². The molecule has 6 aliphatic heterocycles. The predicted octanol–water partition coefficient (Wildman–Crippen LogP) is 7.42. The molecule has 0 radical (unpaired) electrons. The third kappa shape index (κ3) is 24.1. The van der Waals surface area contributed by atoms with Crippen molar-refractivity contribution in [2.24, 2.45) is 5.92 Å². The van der Waals surface area contributed by atoms with Crippen LogP contribution in [0.5, 0.6) is 0 Å². The first-order valence-electron chi connectivity index (χ1n) is 46.5. The number of rotatable bonds is 18. The van der Waals surface area contributed by atoms with E-state index in [0.29, 0.717) is 103 Å². The van der Waals surface area contributed by atoms with E-state index in [9.17, 15) is 33.2 Å². The first-order chi connectivity index (χ1) is 64.2. The average Bonchev–Trinajstić information content (AvgIpc) is 1.61. The highest BCUT2D eigenvalue weighted by molar-refractivity contribution is 5.88. The smallest absolute Gasteiger partial charge is 0.251 e. The van der Waals surface area contributed by atoms with E-state index in [1.807, 2.05) is 211 Å². The Morgan fingerprint density at radius 2 is 0.719 bits per heavy atom. The number of benzene rings is 1. The van der Waals surface area contributed by atoms with Gasteiger partial charge in [-0.2, -0.15) is 5.10 Å². The minimum Gasteiger partial charge on any atom is -0.379 e. The fourth-order valence-corrected chi connectivity index (χ4v) is 17.6. The van der Waals surface area contributed by atoms with Crippen LogP contribution in [-0.2, 0) is 90.4 Å². The summed E-state index contributed by atoms with van der Waals surface area (Å²) >= 11 is 0. The molecule has 12 aromatic rings. The number of hydrogen-bond acceptors (Lipinski definition) is 23. The van der Waals surface area contributed by atoms with Gasteiger partial charge in [-0.3, -0.25) is 38.3 Å². The highest BCUT2D eigenvalue weighted by Gasteiger charge is 2.40. The Morgan fingerprint density at radius 1 is 0.363 bits per heavy atom. The molecule has 0 aliphatic carbocycles. The number of para-hydroxylation sites is 1. The molecule has 36 heteroatoms. The second-order valence-corrected chi connectivity index (χ2v) is 38.3. The maximum atomic E-state index is 14.1. The van der Waals surface area contributed by atoms with Crippen molar-refractivity contribution in [2.45, 2.75) is 195 Å². The SMILES string of the molecule is Cc1cccc2c(C(C)(C)NC(=O)[C@@H]3CNCCO3)[nH]nc12.Cc1cccn2c(C(C)(C)NC(=O)[C@@H]3CNCCO3)ccc12.Cc1cccn2c(C(C)(C)NC(=O)[C@@H]3CNCCO3)nc(C)c12.Cc1cccn2c(C(C)(C)NC(=O)[C@@H]3CNCCO3)ncc12.Cc1cccn2c(C(C)(C)NC(=O)[C@@H]3CNCCO3)ncc12.Cc1nc(C(C)(C)NC(=O)C2CNCCOC2)n2cccc(F)c12. The molecule has 726 valence electrons. The summed E-state index contributed by atoms with van der Waals surface area (Å²) in [6.45, 7) is 49.4. The fraction of sp³-hybridized carbons (Fsp3) is 0.505. The second kappa shape index (κ2) is 43.7. The Bertz CT molecular complexity index is 5640. The molecule has 6 saturated heterocycles. The van der Waals surface area contributed by atoms with Crippen LogP contribution < -0.4 is 63.8 Å². The first-order valence-corrected chi connectivity index (χ1v) is 46.5. The van der Waals surface area contributed by atoms with Crippen molar-refractivity contribution >= 4 is 73.9 Å². The zero-order valence-corrected chi connectivity index (χ0v) is 81.3.